The van der Waals surface area contributed by atoms with Crippen molar-refractivity contribution in [2.24, 2.45) is 0 Å². The number of methoxy groups -OCH3 is 1. The molecule has 0 unspecified atom stereocenters. The van der Waals surface area contributed by atoms with Gasteiger partial charge in [-0.2, -0.15) is 0 Å². The predicted octanol–water partition coefficient (Wildman–Crippen LogP) is 1.78. The molecule has 0 fully saturated rings. The summed E-state index contributed by atoms with van der Waals surface area (Å²) < 4.78 is 4.92. The lowest BCUT2D eigenvalue weighted by Crippen LogP contribution is -1.94. The van der Waals surface area contributed by atoms with E-state index in [1.807, 2.05) is 6.92 Å². The molecule has 3 nitrogen and oxygen atoms in total. The van der Waals surface area contributed by atoms with E-state index in [9.17, 15) is 9.90 Å². The van der Waals surface area contributed by atoms with E-state index in [0.717, 1.165) is 6.29 Å². The summed E-state index contributed by atoms with van der Waals surface area (Å²) in [5, 5.41) is 9.62. The first-order valence-corrected chi connectivity index (χ1v) is 4.08. The Bertz CT molecular complexity index is 318. The van der Waals surface area contributed by atoms with Crippen LogP contribution in [0.2, 0.25) is 0 Å². The zero-order valence-corrected chi connectivity index (χ0v) is 7.70. The first kappa shape index (κ1) is 9.58. The van der Waals surface area contributed by atoms with Gasteiger partial charge in [0.05, 0.1) is 7.11 Å². The summed E-state index contributed by atoms with van der Waals surface area (Å²) in [7, 11) is 1.48. The third-order valence-electron chi connectivity index (χ3n) is 1.98. The van der Waals surface area contributed by atoms with Crippen LogP contribution >= 0.6 is 0 Å². The molecule has 0 saturated carbocycles. The number of phenols is 1. The molecular formula is C10H12O3. The lowest BCUT2D eigenvalue weighted by Gasteiger charge is -2.08. The maximum atomic E-state index is 10.6. The SMILES string of the molecule is CCc1c(C=O)ccc(OC)c1O. The van der Waals surface area contributed by atoms with Gasteiger partial charge in [0.15, 0.2) is 11.5 Å². The number of rotatable bonds is 3. The van der Waals surface area contributed by atoms with Crippen molar-refractivity contribution in [3.63, 3.8) is 0 Å². The monoisotopic (exact) mass is 180 g/mol. The summed E-state index contributed by atoms with van der Waals surface area (Å²) in [4.78, 5) is 10.6. The molecule has 70 valence electrons. The second kappa shape index (κ2) is 3.94. The number of benzene rings is 1. The summed E-state index contributed by atoms with van der Waals surface area (Å²) in [6, 6.07) is 3.22. The zero-order valence-electron chi connectivity index (χ0n) is 7.70. The lowest BCUT2D eigenvalue weighted by molar-refractivity contribution is 0.112. The van der Waals surface area contributed by atoms with E-state index in [1.165, 1.54) is 7.11 Å². The molecule has 0 saturated heterocycles. The topological polar surface area (TPSA) is 46.5 Å². The van der Waals surface area contributed by atoms with E-state index in [0.29, 0.717) is 23.3 Å². The predicted molar refractivity (Wildman–Crippen MR) is 49.4 cm³/mol. The molecule has 0 aliphatic rings. The minimum Gasteiger partial charge on any atom is -0.504 e. The highest BCUT2D eigenvalue weighted by Crippen LogP contribution is 2.31. The van der Waals surface area contributed by atoms with Gasteiger partial charge in [0, 0.05) is 11.1 Å². The second-order valence-corrected chi connectivity index (χ2v) is 2.66. The van der Waals surface area contributed by atoms with Gasteiger partial charge in [0.25, 0.3) is 0 Å². The van der Waals surface area contributed by atoms with E-state index >= 15 is 0 Å². The first-order chi connectivity index (χ1) is 6.24. The number of phenolic OH excluding ortho intramolecular Hbond substituents is 1. The maximum absolute atomic E-state index is 10.6. The van der Waals surface area contributed by atoms with Crippen molar-refractivity contribution in [2.45, 2.75) is 13.3 Å². The van der Waals surface area contributed by atoms with E-state index in [-0.39, 0.29) is 5.75 Å². The molecule has 0 radical (unpaired) electrons. The number of hydrogen-bond acceptors (Lipinski definition) is 3. The molecule has 13 heavy (non-hydrogen) atoms. The average Bonchev–Trinajstić information content (AvgIpc) is 2.17. The van der Waals surface area contributed by atoms with Gasteiger partial charge in [-0.15, -0.1) is 0 Å². The maximum Gasteiger partial charge on any atom is 0.161 e. The van der Waals surface area contributed by atoms with Crippen molar-refractivity contribution in [3.05, 3.63) is 23.3 Å². The number of hydrogen-bond donors (Lipinski definition) is 1. The Balaban J connectivity index is 3.31. The molecule has 0 atom stereocenters. The van der Waals surface area contributed by atoms with Gasteiger partial charge in [0.2, 0.25) is 0 Å². The molecule has 1 rings (SSSR count). The molecule has 0 aromatic heterocycles. The van der Waals surface area contributed by atoms with Gasteiger partial charge in [-0.25, -0.2) is 0 Å². The van der Waals surface area contributed by atoms with Gasteiger partial charge >= 0.3 is 0 Å². The zero-order chi connectivity index (χ0) is 9.84. The Kier molecular flexibility index (Phi) is 2.90. The Labute approximate surface area is 77.0 Å². The fourth-order valence-corrected chi connectivity index (χ4v) is 1.28. The van der Waals surface area contributed by atoms with Crippen LogP contribution in [0.5, 0.6) is 11.5 Å². The molecule has 0 bridgehead atoms. The molecule has 1 aromatic rings. The van der Waals surface area contributed by atoms with Crippen molar-refractivity contribution in [1.29, 1.82) is 0 Å². The van der Waals surface area contributed by atoms with Crippen LogP contribution in [-0.2, 0) is 6.42 Å². The van der Waals surface area contributed by atoms with Crippen molar-refractivity contribution < 1.29 is 14.6 Å². The van der Waals surface area contributed by atoms with Crippen molar-refractivity contribution >= 4 is 6.29 Å². The van der Waals surface area contributed by atoms with Gasteiger partial charge < -0.3 is 9.84 Å². The van der Waals surface area contributed by atoms with Crippen molar-refractivity contribution in [3.8, 4) is 11.5 Å². The molecular weight excluding hydrogens is 168 g/mol. The molecule has 0 heterocycles. The smallest absolute Gasteiger partial charge is 0.161 e. The summed E-state index contributed by atoms with van der Waals surface area (Å²) in [5.74, 6) is 0.469. The Morgan fingerprint density at radius 1 is 1.54 bits per heavy atom. The van der Waals surface area contributed by atoms with Crippen LogP contribution < -0.4 is 4.74 Å². The molecule has 0 aliphatic carbocycles. The highest BCUT2D eigenvalue weighted by atomic mass is 16.5. The molecule has 3 heteroatoms. The number of carbonyl (C=O) groups excluding carboxylic acids is 1. The molecule has 0 aliphatic heterocycles. The van der Waals surface area contributed by atoms with Gasteiger partial charge in [-0.05, 0) is 18.6 Å². The number of ether oxygens (including phenoxy) is 1. The van der Waals surface area contributed by atoms with Crippen LogP contribution in [0, 0.1) is 0 Å². The van der Waals surface area contributed by atoms with Crippen molar-refractivity contribution in [1.82, 2.24) is 0 Å². The number of carbonyl (C=O) groups is 1. The summed E-state index contributed by atoms with van der Waals surface area (Å²) in [6.07, 6.45) is 1.34. The van der Waals surface area contributed by atoms with E-state index in [2.05, 4.69) is 0 Å². The molecule has 0 amide bonds. The molecule has 1 N–H and O–H groups in total. The van der Waals surface area contributed by atoms with Crippen LogP contribution in [0.1, 0.15) is 22.8 Å². The lowest BCUT2D eigenvalue weighted by atomic mass is 10.0. The van der Waals surface area contributed by atoms with Crippen LogP contribution in [0.4, 0.5) is 0 Å². The quantitative estimate of drug-likeness (QED) is 0.721. The van der Waals surface area contributed by atoms with E-state index in [1.54, 1.807) is 12.1 Å². The fraction of sp³-hybridized carbons (Fsp3) is 0.300. The largest absolute Gasteiger partial charge is 0.504 e. The fourth-order valence-electron chi connectivity index (χ4n) is 1.28. The summed E-state index contributed by atoms with van der Waals surface area (Å²) in [6.45, 7) is 1.88. The molecule has 0 spiro atoms. The van der Waals surface area contributed by atoms with Crippen molar-refractivity contribution in [2.75, 3.05) is 7.11 Å². The van der Waals surface area contributed by atoms with Crippen LogP contribution in [-0.4, -0.2) is 18.5 Å². The van der Waals surface area contributed by atoms with E-state index < -0.39 is 0 Å². The molecule has 1 aromatic carbocycles. The highest BCUT2D eigenvalue weighted by molar-refractivity contribution is 5.79. The number of aromatic hydroxyl groups is 1. The number of aldehydes is 1. The third kappa shape index (κ3) is 1.64. The Morgan fingerprint density at radius 2 is 2.23 bits per heavy atom. The Morgan fingerprint density at radius 3 is 2.69 bits per heavy atom. The second-order valence-electron chi connectivity index (χ2n) is 2.66. The van der Waals surface area contributed by atoms with Gasteiger partial charge in [0.1, 0.15) is 6.29 Å². The van der Waals surface area contributed by atoms with Crippen LogP contribution in [0.25, 0.3) is 0 Å². The summed E-state index contributed by atoms with van der Waals surface area (Å²) in [5.41, 5.74) is 1.15. The standard InChI is InChI=1S/C10H12O3/c1-3-8-7(6-11)4-5-9(13-2)10(8)12/h4-6,12H,3H2,1-2H3. The highest BCUT2D eigenvalue weighted by Gasteiger charge is 2.10. The van der Waals surface area contributed by atoms with Crippen LogP contribution in [0.3, 0.4) is 0 Å². The average molecular weight is 180 g/mol. The first-order valence-electron chi connectivity index (χ1n) is 4.08. The minimum absolute atomic E-state index is 0.0644. The third-order valence-corrected chi connectivity index (χ3v) is 1.98. The van der Waals surface area contributed by atoms with Gasteiger partial charge in [-0.1, -0.05) is 6.92 Å². The Hall–Kier alpha value is -1.51. The van der Waals surface area contributed by atoms with Crippen LogP contribution in [0.15, 0.2) is 12.1 Å². The van der Waals surface area contributed by atoms with Gasteiger partial charge in [-0.3, -0.25) is 4.79 Å². The van der Waals surface area contributed by atoms with E-state index in [4.69, 9.17) is 4.74 Å². The normalized spacial score (nSPS) is 9.69. The minimum atomic E-state index is 0.0644. The summed E-state index contributed by atoms with van der Waals surface area (Å²) >= 11 is 0.